The topological polar surface area (TPSA) is 111 Å². The van der Waals surface area contributed by atoms with Crippen molar-refractivity contribution < 1.29 is 23.8 Å². The van der Waals surface area contributed by atoms with Gasteiger partial charge in [0, 0.05) is 12.3 Å². The second kappa shape index (κ2) is 6.14. The molecule has 0 spiro atoms. The molecule has 8 nitrogen and oxygen atoms in total. The van der Waals surface area contributed by atoms with Gasteiger partial charge in [-0.1, -0.05) is 13.8 Å². The number of carbonyl (C=O) groups is 1. The third-order valence-corrected chi connectivity index (χ3v) is 4.33. The molecular weight excluding hydrogens is 323 g/mol. The minimum atomic E-state index is -2.37. The number of halogens is 1. The van der Waals surface area contributed by atoms with Gasteiger partial charge in [-0.2, -0.15) is 0 Å². The smallest absolute Gasteiger partial charge is 0.330 e. The summed E-state index contributed by atoms with van der Waals surface area (Å²) in [6.07, 6.45) is -1.58. The van der Waals surface area contributed by atoms with Crippen LogP contribution in [-0.4, -0.2) is 44.6 Å². The molecule has 24 heavy (non-hydrogen) atoms. The lowest BCUT2D eigenvalue weighted by Crippen LogP contribution is -2.53. The SMILES string of the molecule is CC(C)C(=O)OC[C@H]1O[C@@H](n2ccc(=O)[nH]c2=O)[C@](C)(F)[C@]1(C)O. The van der Waals surface area contributed by atoms with E-state index in [0.717, 1.165) is 23.8 Å². The van der Waals surface area contributed by atoms with Crippen molar-refractivity contribution in [1.82, 2.24) is 9.55 Å². The number of nitrogens with zero attached hydrogens (tertiary/aromatic N) is 1. The van der Waals surface area contributed by atoms with Gasteiger partial charge in [-0.15, -0.1) is 0 Å². The molecule has 0 amide bonds. The van der Waals surface area contributed by atoms with Crippen LogP contribution in [0.4, 0.5) is 4.39 Å². The Balaban J connectivity index is 2.30. The number of alkyl halides is 1. The van der Waals surface area contributed by atoms with Crippen molar-refractivity contribution in [2.45, 2.75) is 51.3 Å². The molecule has 2 N–H and O–H groups in total. The maximum Gasteiger partial charge on any atom is 0.330 e. The molecule has 0 saturated carbocycles. The maximum absolute atomic E-state index is 15.2. The number of ether oxygens (including phenoxy) is 2. The Kier molecular flexibility index (Phi) is 4.69. The summed E-state index contributed by atoms with van der Waals surface area (Å²) in [7, 11) is 0. The number of aliphatic hydroxyl groups is 1. The van der Waals surface area contributed by atoms with Gasteiger partial charge in [0.2, 0.25) is 0 Å². The molecule has 1 fully saturated rings. The summed E-state index contributed by atoms with van der Waals surface area (Å²) in [5.41, 5.74) is -5.90. The van der Waals surface area contributed by atoms with E-state index in [0.29, 0.717) is 0 Å². The van der Waals surface area contributed by atoms with Gasteiger partial charge in [0.05, 0.1) is 5.92 Å². The van der Waals surface area contributed by atoms with Crippen molar-refractivity contribution >= 4 is 5.97 Å². The van der Waals surface area contributed by atoms with Crippen LogP contribution in [0.2, 0.25) is 0 Å². The van der Waals surface area contributed by atoms with Crippen LogP contribution in [0, 0.1) is 5.92 Å². The standard InChI is InChI=1S/C15H21FN2O6/c1-8(2)11(20)23-7-9-15(4,22)14(3,16)12(24-9)18-6-5-10(19)17-13(18)21/h5-6,8-9,12,22H,7H2,1-4H3,(H,17,19,21)/t9-,12-,14+,15-/m1/s1. The second-order valence-electron chi connectivity index (χ2n) is 6.50. The zero-order valence-corrected chi connectivity index (χ0v) is 13.9. The lowest BCUT2D eigenvalue weighted by molar-refractivity contribution is -0.157. The first-order chi connectivity index (χ1) is 11.0. The van der Waals surface area contributed by atoms with Gasteiger partial charge >= 0.3 is 11.7 Å². The van der Waals surface area contributed by atoms with Crippen molar-refractivity contribution in [3.05, 3.63) is 33.1 Å². The highest BCUT2D eigenvalue weighted by molar-refractivity contribution is 5.71. The fourth-order valence-electron chi connectivity index (χ4n) is 2.45. The summed E-state index contributed by atoms with van der Waals surface area (Å²) in [5.74, 6) is -0.898. The monoisotopic (exact) mass is 344 g/mol. The molecule has 4 atom stereocenters. The predicted molar refractivity (Wildman–Crippen MR) is 81.2 cm³/mol. The highest BCUT2D eigenvalue weighted by atomic mass is 19.1. The van der Waals surface area contributed by atoms with Crippen LogP contribution in [0.15, 0.2) is 21.9 Å². The van der Waals surface area contributed by atoms with Crippen LogP contribution in [0.5, 0.6) is 0 Å². The van der Waals surface area contributed by atoms with Gasteiger partial charge in [-0.05, 0) is 13.8 Å². The lowest BCUT2D eigenvalue weighted by atomic mass is 9.84. The number of rotatable bonds is 4. The Morgan fingerprint density at radius 1 is 1.50 bits per heavy atom. The first kappa shape index (κ1) is 18.3. The quantitative estimate of drug-likeness (QED) is 0.750. The van der Waals surface area contributed by atoms with Gasteiger partial charge in [-0.3, -0.25) is 19.1 Å². The number of carbonyl (C=O) groups excluding carboxylic acids is 1. The minimum Gasteiger partial charge on any atom is -0.463 e. The number of aromatic nitrogens is 2. The van der Waals surface area contributed by atoms with Crippen molar-refractivity contribution in [1.29, 1.82) is 0 Å². The molecule has 0 aromatic carbocycles. The molecule has 1 aliphatic heterocycles. The molecule has 1 aromatic heterocycles. The number of aromatic amines is 1. The van der Waals surface area contributed by atoms with Gasteiger partial charge in [0.15, 0.2) is 11.9 Å². The van der Waals surface area contributed by atoms with Crippen LogP contribution in [0.1, 0.15) is 33.9 Å². The largest absolute Gasteiger partial charge is 0.463 e. The van der Waals surface area contributed by atoms with Gasteiger partial charge < -0.3 is 14.6 Å². The van der Waals surface area contributed by atoms with Gasteiger partial charge in [0.25, 0.3) is 5.56 Å². The zero-order valence-electron chi connectivity index (χ0n) is 13.9. The molecule has 9 heteroatoms. The van der Waals surface area contributed by atoms with E-state index in [4.69, 9.17) is 9.47 Å². The number of H-pyrrole nitrogens is 1. The second-order valence-corrected chi connectivity index (χ2v) is 6.50. The molecular formula is C15H21FN2O6. The van der Waals surface area contributed by atoms with Crippen LogP contribution >= 0.6 is 0 Å². The number of hydrogen-bond donors (Lipinski definition) is 2. The molecule has 2 rings (SSSR count). The number of nitrogens with one attached hydrogen (secondary N) is 1. The fraction of sp³-hybridized carbons (Fsp3) is 0.667. The third kappa shape index (κ3) is 3.01. The highest BCUT2D eigenvalue weighted by Gasteiger charge is 2.63. The number of esters is 1. The summed E-state index contributed by atoms with van der Waals surface area (Å²) >= 11 is 0. The Hall–Kier alpha value is -2.00. The minimum absolute atomic E-state index is 0.363. The van der Waals surface area contributed by atoms with Crippen LogP contribution in [0.3, 0.4) is 0 Å². The van der Waals surface area contributed by atoms with E-state index >= 15 is 4.39 Å². The normalized spacial score (nSPS) is 33.0. The Bertz CT molecular complexity index is 736. The molecule has 1 aromatic rings. The van der Waals surface area contributed by atoms with Crippen molar-refractivity contribution in [2.24, 2.45) is 5.92 Å². The molecule has 0 aliphatic carbocycles. The predicted octanol–water partition coefficient (Wildman–Crippen LogP) is 0.112. The Labute approximate surface area is 137 Å². The maximum atomic E-state index is 15.2. The third-order valence-electron chi connectivity index (χ3n) is 4.33. The van der Waals surface area contributed by atoms with Crippen LogP contribution < -0.4 is 11.2 Å². The highest BCUT2D eigenvalue weighted by Crippen LogP contribution is 2.47. The van der Waals surface area contributed by atoms with E-state index in [1.807, 2.05) is 4.98 Å². The van der Waals surface area contributed by atoms with Gasteiger partial charge in [-0.25, -0.2) is 9.18 Å². The van der Waals surface area contributed by atoms with E-state index in [1.165, 1.54) is 6.92 Å². The van der Waals surface area contributed by atoms with E-state index < -0.39 is 40.8 Å². The molecule has 134 valence electrons. The molecule has 2 heterocycles. The van der Waals surface area contributed by atoms with Gasteiger partial charge in [0.1, 0.15) is 18.3 Å². The summed E-state index contributed by atoms with van der Waals surface area (Å²) in [4.78, 5) is 36.6. The molecule has 0 bridgehead atoms. The summed E-state index contributed by atoms with van der Waals surface area (Å²) in [6.45, 7) is 5.20. The average molecular weight is 344 g/mol. The molecule has 1 aliphatic rings. The summed E-state index contributed by atoms with van der Waals surface area (Å²) in [6, 6.07) is 1.04. The number of hydrogen-bond acceptors (Lipinski definition) is 6. The first-order valence-corrected chi connectivity index (χ1v) is 7.53. The Morgan fingerprint density at radius 3 is 2.67 bits per heavy atom. The summed E-state index contributed by atoms with van der Waals surface area (Å²) in [5, 5.41) is 10.5. The Morgan fingerprint density at radius 2 is 2.12 bits per heavy atom. The van der Waals surface area contributed by atoms with Crippen LogP contribution in [-0.2, 0) is 14.3 Å². The summed E-state index contributed by atoms with van der Waals surface area (Å²) < 4.78 is 26.5. The molecule has 0 radical (unpaired) electrons. The van der Waals surface area contributed by atoms with Crippen LogP contribution in [0.25, 0.3) is 0 Å². The van der Waals surface area contributed by atoms with E-state index in [1.54, 1.807) is 13.8 Å². The van der Waals surface area contributed by atoms with Crippen molar-refractivity contribution in [2.75, 3.05) is 6.61 Å². The lowest BCUT2D eigenvalue weighted by Gasteiger charge is -2.33. The van der Waals surface area contributed by atoms with E-state index in [9.17, 15) is 19.5 Å². The van der Waals surface area contributed by atoms with E-state index in [-0.39, 0.29) is 12.5 Å². The van der Waals surface area contributed by atoms with Crippen molar-refractivity contribution in [3.63, 3.8) is 0 Å². The van der Waals surface area contributed by atoms with Crippen molar-refractivity contribution in [3.8, 4) is 0 Å². The van der Waals surface area contributed by atoms with E-state index in [2.05, 4.69) is 0 Å². The first-order valence-electron chi connectivity index (χ1n) is 7.53. The molecule has 1 saturated heterocycles. The average Bonchev–Trinajstić information content (AvgIpc) is 2.63. The fourth-order valence-corrected chi connectivity index (χ4v) is 2.45. The molecule has 0 unspecified atom stereocenters. The zero-order chi connectivity index (χ0) is 18.3.